The van der Waals surface area contributed by atoms with Crippen molar-refractivity contribution in [3.8, 4) is 11.1 Å². The SMILES string of the molecule is Cc1ccc2c(c1)C(c1ccccc1)(c1ccccc1)c1cc(N(c3ccccc3)c3ccccc3)c3ccccc3c1-2. The van der Waals surface area contributed by atoms with Crippen molar-refractivity contribution in [2.75, 3.05) is 4.90 Å². The molecule has 0 atom stereocenters. The van der Waals surface area contributed by atoms with Crippen LogP contribution in [0.5, 0.6) is 0 Å². The highest BCUT2D eigenvalue weighted by atomic mass is 15.1. The first-order chi connectivity index (χ1) is 21.3. The lowest BCUT2D eigenvalue weighted by molar-refractivity contribution is 0.768. The molecule has 1 aliphatic carbocycles. The fourth-order valence-electron chi connectivity index (χ4n) is 7.20. The molecular weight excluding hydrogens is 518 g/mol. The Balaban J connectivity index is 1.56. The summed E-state index contributed by atoms with van der Waals surface area (Å²) in [6, 6.07) is 62.1. The number of nitrogens with zero attached hydrogens (tertiary/aromatic N) is 1. The third-order valence-electron chi connectivity index (χ3n) is 8.96. The molecule has 0 unspecified atom stereocenters. The van der Waals surface area contributed by atoms with Gasteiger partial charge in [0.25, 0.3) is 0 Å². The van der Waals surface area contributed by atoms with Crippen molar-refractivity contribution < 1.29 is 0 Å². The van der Waals surface area contributed by atoms with Gasteiger partial charge in [-0.3, -0.25) is 0 Å². The van der Waals surface area contributed by atoms with Crippen molar-refractivity contribution in [2.45, 2.75) is 12.3 Å². The van der Waals surface area contributed by atoms with Crippen molar-refractivity contribution in [2.24, 2.45) is 0 Å². The minimum Gasteiger partial charge on any atom is -0.310 e. The predicted molar refractivity (Wildman–Crippen MR) is 181 cm³/mol. The van der Waals surface area contributed by atoms with E-state index < -0.39 is 5.41 Å². The quantitative estimate of drug-likeness (QED) is 0.206. The number of rotatable bonds is 5. The fraction of sp³-hybridized carbons (Fsp3) is 0.0476. The topological polar surface area (TPSA) is 3.24 Å². The molecule has 0 N–H and O–H groups in total. The van der Waals surface area contributed by atoms with E-state index in [9.17, 15) is 0 Å². The summed E-state index contributed by atoms with van der Waals surface area (Å²) in [7, 11) is 0. The molecule has 1 aliphatic rings. The van der Waals surface area contributed by atoms with Gasteiger partial charge in [0.05, 0.1) is 11.1 Å². The maximum absolute atomic E-state index is 2.48. The van der Waals surface area contributed by atoms with Gasteiger partial charge in [-0.15, -0.1) is 0 Å². The summed E-state index contributed by atoms with van der Waals surface area (Å²) in [6.45, 7) is 2.21. The van der Waals surface area contributed by atoms with Gasteiger partial charge in [-0.1, -0.05) is 145 Å². The maximum Gasteiger partial charge on any atom is 0.0714 e. The van der Waals surface area contributed by atoms with Crippen LogP contribution >= 0.6 is 0 Å². The first-order valence-electron chi connectivity index (χ1n) is 15.0. The second-order valence-corrected chi connectivity index (χ2v) is 11.4. The molecule has 0 spiro atoms. The number of fused-ring (bicyclic) bond motifs is 5. The van der Waals surface area contributed by atoms with Crippen LogP contribution in [0.15, 0.2) is 170 Å². The Morgan fingerprint density at radius 1 is 0.442 bits per heavy atom. The zero-order valence-corrected chi connectivity index (χ0v) is 24.1. The second kappa shape index (κ2) is 10.2. The van der Waals surface area contributed by atoms with Crippen LogP contribution in [0.3, 0.4) is 0 Å². The van der Waals surface area contributed by atoms with Crippen LogP contribution < -0.4 is 4.90 Å². The van der Waals surface area contributed by atoms with Crippen LogP contribution in [-0.2, 0) is 5.41 Å². The number of anilines is 3. The molecule has 7 aromatic rings. The highest BCUT2D eigenvalue weighted by Crippen LogP contribution is 2.59. The first kappa shape index (κ1) is 25.3. The van der Waals surface area contributed by atoms with Gasteiger partial charge in [-0.05, 0) is 76.0 Å². The Morgan fingerprint density at radius 2 is 0.930 bits per heavy atom. The molecule has 0 aromatic heterocycles. The van der Waals surface area contributed by atoms with E-state index in [1.807, 2.05) is 0 Å². The van der Waals surface area contributed by atoms with Gasteiger partial charge < -0.3 is 4.90 Å². The average Bonchev–Trinajstić information content (AvgIpc) is 3.37. The Labute approximate surface area is 253 Å². The zero-order chi connectivity index (χ0) is 28.8. The minimum atomic E-state index is -0.475. The molecule has 0 heterocycles. The van der Waals surface area contributed by atoms with Gasteiger partial charge in [-0.2, -0.15) is 0 Å². The van der Waals surface area contributed by atoms with Crippen molar-refractivity contribution in [3.05, 3.63) is 198 Å². The standard InChI is InChI=1S/C42H31N/c1-30-26-27-37-38(28-30)42(31-16-6-2-7-17-31,32-18-8-3-9-19-32)39-29-40(35-24-14-15-25-36(35)41(37)39)43(33-20-10-4-11-21-33)34-22-12-5-13-23-34/h2-29H,1H3. The molecule has 8 rings (SSSR count). The van der Waals surface area contributed by atoms with Crippen molar-refractivity contribution in [1.82, 2.24) is 0 Å². The summed E-state index contributed by atoms with van der Waals surface area (Å²) in [6.07, 6.45) is 0. The molecule has 43 heavy (non-hydrogen) atoms. The number of hydrogen-bond donors (Lipinski definition) is 0. The van der Waals surface area contributed by atoms with E-state index >= 15 is 0 Å². The fourth-order valence-corrected chi connectivity index (χ4v) is 7.20. The molecule has 7 aromatic carbocycles. The number of benzene rings is 7. The molecule has 0 amide bonds. The monoisotopic (exact) mass is 549 g/mol. The Morgan fingerprint density at radius 3 is 1.49 bits per heavy atom. The molecule has 1 heteroatoms. The van der Waals surface area contributed by atoms with Gasteiger partial charge >= 0.3 is 0 Å². The number of para-hydroxylation sites is 2. The molecule has 0 radical (unpaired) electrons. The molecule has 0 saturated heterocycles. The molecule has 0 fully saturated rings. The van der Waals surface area contributed by atoms with E-state index in [-0.39, 0.29) is 0 Å². The largest absolute Gasteiger partial charge is 0.310 e. The third kappa shape index (κ3) is 3.86. The van der Waals surface area contributed by atoms with E-state index in [0.717, 1.165) is 11.4 Å². The van der Waals surface area contributed by atoms with E-state index in [1.165, 1.54) is 55.4 Å². The van der Waals surface area contributed by atoms with E-state index in [2.05, 4.69) is 182 Å². The van der Waals surface area contributed by atoms with Crippen molar-refractivity contribution in [3.63, 3.8) is 0 Å². The normalized spacial score (nSPS) is 13.0. The molecule has 0 aliphatic heterocycles. The maximum atomic E-state index is 2.48. The summed E-state index contributed by atoms with van der Waals surface area (Å²) in [5.74, 6) is 0. The van der Waals surface area contributed by atoms with Gasteiger partial charge in [0.1, 0.15) is 0 Å². The smallest absolute Gasteiger partial charge is 0.0714 e. The predicted octanol–water partition coefficient (Wildman–Crippen LogP) is 11.0. The second-order valence-electron chi connectivity index (χ2n) is 11.4. The van der Waals surface area contributed by atoms with Crippen LogP contribution in [0.25, 0.3) is 21.9 Å². The summed E-state index contributed by atoms with van der Waals surface area (Å²) in [4.78, 5) is 2.41. The zero-order valence-electron chi connectivity index (χ0n) is 24.1. The Bertz CT molecular complexity index is 1980. The summed E-state index contributed by atoms with van der Waals surface area (Å²) >= 11 is 0. The molecular formula is C42H31N. The number of hydrogen-bond acceptors (Lipinski definition) is 1. The van der Waals surface area contributed by atoms with Crippen LogP contribution in [0.1, 0.15) is 27.8 Å². The van der Waals surface area contributed by atoms with Crippen molar-refractivity contribution in [1.29, 1.82) is 0 Å². The minimum absolute atomic E-state index is 0.475. The van der Waals surface area contributed by atoms with E-state index in [1.54, 1.807) is 0 Å². The Hall–Kier alpha value is -5.40. The molecule has 0 saturated carbocycles. The summed E-state index contributed by atoms with van der Waals surface area (Å²) in [5.41, 5.74) is 12.1. The molecule has 204 valence electrons. The van der Waals surface area contributed by atoms with Crippen LogP contribution in [-0.4, -0.2) is 0 Å². The first-order valence-corrected chi connectivity index (χ1v) is 15.0. The van der Waals surface area contributed by atoms with Gasteiger partial charge in [0, 0.05) is 16.8 Å². The van der Waals surface area contributed by atoms with Gasteiger partial charge in [0.2, 0.25) is 0 Å². The third-order valence-corrected chi connectivity index (χ3v) is 8.96. The van der Waals surface area contributed by atoms with Gasteiger partial charge in [-0.25, -0.2) is 0 Å². The average molecular weight is 550 g/mol. The highest BCUT2D eigenvalue weighted by molar-refractivity contribution is 6.11. The molecule has 0 bridgehead atoms. The van der Waals surface area contributed by atoms with Crippen molar-refractivity contribution >= 4 is 27.8 Å². The number of aryl methyl sites for hydroxylation is 1. The lowest BCUT2D eigenvalue weighted by Gasteiger charge is -2.35. The summed E-state index contributed by atoms with van der Waals surface area (Å²) in [5, 5.41) is 2.50. The van der Waals surface area contributed by atoms with E-state index in [0.29, 0.717) is 0 Å². The highest BCUT2D eigenvalue weighted by Gasteiger charge is 2.47. The van der Waals surface area contributed by atoms with Crippen LogP contribution in [0.2, 0.25) is 0 Å². The molecule has 1 nitrogen and oxygen atoms in total. The van der Waals surface area contributed by atoms with Crippen LogP contribution in [0.4, 0.5) is 17.1 Å². The van der Waals surface area contributed by atoms with E-state index in [4.69, 9.17) is 0 Å². The lowest BCUT2D eigenvalue weighted by Crippen LogP contribution is -2.29. The van der Waals surface area contributed by atoms with Crippen LogP contribution in [0, 0.1) is 6.92 Å². The van der Waals surface area contributed by atoms with Gasteiger partial charge in [0.15, 0.2) is 0 Å². The Kier molecular flexibility index (Phi) is 5.98. The lowest BCUT2D eigenvalue weighted by atomic mass is 9.67. The summed E-state index contributed by atoms with van der Waals surface area (Å²) < 4.78 is 0.